The molecule has 3 rings (SSSR count). The van der Waals surface area contributed by atoms with Crippen LogP contribution in [0.25, 0.3) is 11.1 Å². The number of aliphatic carboxylic acids is 1. The lowest BCUT2D eigenvalue weighted by atomic mass is 9.81. The summed E-state index contributed by atoms with van der Waals surface area (Å²) in [6, 6.07) is 13.9. The average Bonchev–Trinajstić information content (AvgIpc) is 2.99. The van der Waals surface area contributed by atoms with Crippen LogP contribution in [0.2, 0.25) is 0 Å². The number of carboxylic acid groups (broad SMARTS) is 1. The zero-order chi connectivity index (χ0) is 14.0. The summed E-state index contributed by atoms with van der Waals surface area (Å²) >= 11 is 0. The van der Waals surface area contributed by atoms with Gasteiger partial charge in [0.15, 0.2) is 0 Å². The van der Waals surface area contributed by atoms with Gasteiger partial charge in [-0.15, -0.1) is 0 Å². The van der Waals surface area contributed by atoms with Gasteiger partial charge in [-0.2, -0.15) is 0 Å². The van der Waals surface area contributed by atoms with Gasteiger partial charge in [-0.1, -0.05) is 43.2 Å². The molecule has 102 valence electrons. The highest BCUT2D eigenvalue weighted by molar-refractivity contribution is 5.81. The van der Waals surface area contributed by atoms with Crippen molar-refractivity contribution in [2.45, 2.75) is 31.1 Å². The third-order valence-electron chi connectivity index (χ3n) is 4.22. The summed E-state index contributed by atoms with van der Waals surface area (Å²) in [7, 11) is 0. The zero-order valence-electron chi connectivity index (χ0n) is 11.2. The van der Waals surface area contributed by atoms with Gasteiger partial charge in [-0.3, -0.25) is 9.78 Å². The predicted octanol–water partition coefficient (Wildman–Crippen LogP) is 3.65. The molecule has 0 spiro atoms. The van der Waals surface area contributed by atoms with E-state index in [1.54, 1.807) is 6.20 Å². The molecule has 1 fully saturated rings. The van der Waals surface area contributed by atoms with Gasteiger partial charge in [-0.05, 0) is 36.1 Å². The van der Waals surface area contributed by atoms with E-state index in [0.717, 1.165) is 24.0 Å². The first-order valence-corrected chi connectivity index (χ1v) is 6.98. The van der Waals surface area contributed by atoms with E-state index in [4.69, 9.17) is 0 Å². The molecule has 3 heteroatoms. The minimum atomic E-state index is -0.787. The highest BCUT2D eigenvalue weighted by Crippen LogP contribution is 2.41. The van der Waals surface area contributed by atoms with Crippen molar-refractivity contribution in [3.63, 3.8) is 0 Å². The van der Waals surface area contributed by atoms with Crippen LogP contribution in [0.3, 0.4) is 0 Å². The van der Waals surface area contributed by atoms with Gasteiger partial charge in [0.05, 0.1) is 5.69 Å². The van der Waals surface area contributed by atoms with Crippen LogP contribution in [0.1, 0.15) is 31.4 Å². The molecule has 0 aliphatic heterocycles. The van der Waals surface area contributed by atoms with Crippen LogP contribution in [-0.2, 0) is 10.2 Å². The minimum absolute atomic E-state index is 0.688. The summed E-state index contributed by atoms with van der Waals surface area (Å²) in [5, 5.41) is 9.64. The first kappa shape index (κ1) is 12.9. The third-order valence-corrected chi connectivity index (χ3v) is 4.22. The number of hydrogen-bond acceptors (Lipinski definition) is 2. The normalized spacial score (nSPS) is 17.0. The Hall–Kier alpha value is -2.16. The summed E-state index contributed by atoms with van der Waals surface area (Å²) in [5.74, 6) is -0.743. The van der Waals surface area contributed by atoms with Crippen LogP contribution in [-0.4, -0.2) is 16.1 Å². The lowest BCUT2D eigenvalue weighted by molar-refractivity contribution is -0.143. The van der Waals surface area contributed by atoms with Crippen LogP contribution in [0, 0.1) is 0 Å². The van der Waals surface area contributed by atoms with Crippen molar-refractivity contribution >= 4 is 5.97 Å². The number of aromatic nitrogens is 1. The van der Waals surface area contributed by atoms with Crippen LogP contribution in [0.4, 0.5) is 0 Å². The number of rotatable bonds is 3. The van der Waals surface area contributed by atoms with E-state index in [0.29, 0.717) is 18.5 Å². The molecule has 1 aromatic carbocycles. The van der Waals surface area contributed by atoms with Gasteiger partial charge in [-0.25, -0.2) is 0 Å². The molecule has 1 aliphatic carbocycles. The third kappa shape index (κ3) is 2.09. The second-order valence-electron chi connectivity index (χ2n) is 5.39. The Kier molecular flexibility index (Phi) is 3.26. The van der Waals surface area contributed by atoms with E-state index < -0.39 is 11.4 Å². The fourth-order valence-corrected chi connectivity index (χ4v) is 3.06. The maximum Gasteiger partial charge on any atom is 0.315 e. The Morgan fingerprint density at radius 2 is 1.75 bits per heavy atom. The molecule has 20 heavy (non-hydrogen) atoms. The number of carboxylic acids is 1. The van der Waals surface area contributed by atoms with E-state index in [-0.39, 0.29) is 0 Å². The van der Waals surface area contributed by atoms with Crippen molar-refractivity contribution in [3.05, 3.63) is 54.4 Å². The first-order valence-electron chi connectivity index (χ1n) is 6.98. The quantitative estimate of drug-likeness (QED) is 0.923. The summed E-state index contributed by atoms with van der Waals surface area (Å²) < 4.78 is 0. The topological polar surface area (TPSA) is 50.2 Å². The molecule has 1 heterocycles. The molecule has 3 nitrogen and oxygen atoms in total. The van der Waals surface area contributed by atoms with Crippen LogP contribution in [0.5, 0.6) is 0 Å². The lowest BCUT2D eigenvalue weighted by Crippen LogP contribution is -2.33. The highest BCUT2D eigenvalue weighted by Gasteiger charge is 2.44. The average molecular weight is 267 g/mol. The molecule has 0 amide bonds. The number of pyridine rings is 1. The Labute approximate surface area is 118 Å². The number of hydrogen-bond donors (Lipinski definition) is 1. The largest absolute Gasteiger partial charge is 0.481 e. The summed E-state index contributed by atoms with van der Waals surface area (Å²) in [6.45, 7) is 0. The smallest absolute Gasteiger partial charge is 0.315 e. The SMILES string of the molecule is O=C(O)C1(c2cc(-c3ccccc3)ccn2)CCCC1. The van der Waals surface area contributed by atoms with Crippen molar-refractivity contribution in [2.75, 3.05) is 0 Å². The second-order valence-corrected chi connectivity index (χ2v) is 5.39. The Morgan fingerprint density at radius 3 is 2.40 bits per heavy atom. The zero-order valence-corrected chi connectivity index (χ0v) is 11.2. The van der Waals surface area contributed by atoms with Crippen LogP contribution < -0.4 is 0 Å². The van der Waals surface area contributed by atoms with Crippen molar-refractivity contribution in [2.24, 2.45) is 0 Å². The summed E-state index contributed by atoms with van der Waals surface area (Å²) in [6.07, 6.45) is 5.02. The van der Waals surface area contributed by atoms with Gasteiger partial charge in [0.1, 0.15) is 5.41 Å². The van der Waals surface area contributed by atoms with Crippen LogP contribution >= 0.6 is 0 Å². The maximum atomic E-state index is 11.7. The molecule has 1 saturated carbocycles. The fourth-order valence-electron chi connectivity index (χ4n) is 3.06. The molecule has 0 bridgehead atoms. The minimum Gasteiger partial charge on any atom is -0.481 e. The predicted molar refractivity (Wildman–Crippen MR) is 77.5 cm³/mol. The van der Waals surface area contributed by atoms with Gasteiger partial charge in [0.2, 0.25) is 0 Å². The van der Waals surface area contributed by atoms with Gasteiger partial charge >= 0.3 is 5.97 Å². The van der Waals surface area contributed by atoms with E-state index in [1.807, 2.05) is 42.5 Å². The Morgan fingerprint density at radius 1 is 1.05 bits per heavy atom. The number of nitrogens with zero attached hydrogens (tertiary/aromatic N) is 1. The van der Waals surface area contributed by atoms with Crippen molar-refractivity contribution in [1.82, 2.24) is 4.98 Å². The van der Waals surface area contributed by atoms with E-state index in [1.165, 1.54) is 0 Å². The summed E-state index contributed by atoms with van der Waals surface area (Å²) in [4.78, 5) is 16.1. The molecule has 1 aromatic heterocycles. The molecule has 0 saturated heterocycles. The monoisotopic (exact) mass is 267 g/mol. The lowest BCUT2D eigenvalue weighted by Gasteiger charge is -2.23. The van der Waals surface area contributed by atoms with Crippen molar-refractivity contribution < 1.29 is 9.90 Å². The van der Waals surface area contributed by atoms with Crippen molar-refractivity contribution in [3.8, 4) is 11.1 Å². The molecular weight excluding hydrogens is 250 g/mol. The fraction of sp³-hybridized carbons (Fsp3) is 0.294. The van der Waals surface area contributed by atoms with E-state index in [2.05, 4.69) is 4.98 Å². The molecular formula is C17H17NO2. The molecule has 2 aromatic rings. The summed E-state index contributed by atoms with van der Waals surface area (Å²) in [5.41, 5.74) is 2.03. The molecule has 1 N–H and O–H groups in total. The number of carbonyl (C=O) groups is 1. The first-order chi connectivity index (χ1) is 9.72. The molecule has 0 radical (unpaired) electrons. The standard InChI is InChI=1S/C17H17NO2/c19-16(20)17(9-4-5-10-17)15-12-14(8-11-18-15)13-6-2-1-3-7-13/h1-3,6-8,11-12H,4-5,9-10H2,(H,19,20). The molecule has 0 unspecified atom stereocenters. The highest BCUT2D eigenvalue weighted by atomic mass is 16.4. The van der Waals surface area contributed by atoms with E-state index in [9.17, 15) is 9.90 Å². The Bertz CT molecular complexity index is 616. The second kappa shape index (κ2) is 5.08. The van der Waals surface area contributed by atoms with Gasteiger partial charge in [0, 0.05) is 6.20 Å². The maximum absolute atomic E-state index is 11.7. The number of benzene rings is 1. The van der Waals surface area contributed by atoms with E-state index >= 15 is 0 Å². The van der Waals surface area contributed by atoms with Crippen LogP contribution in [0.15, 0.2) is 48.7 Å². The van der Waals surface area contributed by atoms with Gasteiger partial charge in [0.25, 0.3) is 0 Å². The Balaban J connectivity index is 2.05. The molecule has 1 aliphatic rings. The van der Waals surface area contributed by atoms with Crippen molar-refractivity contribution in [1.29, 1.82) is 0 Å². The van der Waals surface area contributed by atoms with Gasteiger partial charge < -0.3 is 5.11 Å². The molecule has 0 atom stereocenters.